The largest absolute Gasteiger partial charge is 0.350 e. The molecule has 28 heavy (non-hydrogen) atoms. The number of aromatic nitrogens is 2. The molecule has 0 radical (unpaired) electrons. The summed E-state index contributed by atoms with van der Waals surface area (Å²) < 4.78 is 14.7. The maximum absolute atomic E-state index is 12.9. The predicted molar refractivity (Wildman–Crippen MR) is 108 cm³/mol. The molecule has 2 aromatic heterocycles. The number of halogens is 1. The maximum Gasteiger partial charge on any atom is 0.271 e. The number of benzene rings is 2. The molecule has 7 heteroatoms. The van der Waals surface area contributed by atoms with E-state index < -0.39 is 0 Å². The molecule has 0 aliphatic rings. The predicted octanol–water partition coefficient (Wildman–Crippen LogP) is 3.58. The zero-order valence-electron chi connectivity index (χ0n) is 14.8. The standard InChI is InChI=1S/C21H16FN3O2S/c22-16-8-6-14(7-9-16)10-23-18(26)11-25-13-24-19-17(12-28-20(19)21(25)27)15-4-2-1-3-5-15/h1-9,12-13H,10-11H2,(H,23,26). The SMILES string of the molecule is O=C(Cn1cnc2c(-c3ccccc3)csc2c1=O)NCc1ccc(F)cc1. The van der Waals surface area contributed by atoms with E-state index >= 15 is 0 Å². The molecular formula is C21H16FN3O2S. The number of fused-ring (bicyclic) bond motifs is 1. The van der Waals surface area contributed by atoms with Gasteiger partial charge in [0.15, 0.2) is 0 Å². The molecule has 2 heterocycles. The second-order valence-electron chi connectivity index (χ2n) is 6.27. The first kappa shape index (κ1) is 18.1. The lowest BCUT2D eigenvalue weighted by Gasteiger charge is -2.07. The second kappa shape index (κ2) is 7.74. The highest BCUT2D eigenvalue weighted by Crippen LogP contribution is 2.30. The van der Waals surface area contributed by atoms with Crippen LogP contribution in [0.2, 0.25) is 0 Å². The molecule has 2 aromatic carbocycles. The summed E-state index contributed by atoms with van der Waals surface area (Å²) in [5.41, 5.74) is 3.08. The fourth-order valence-corrected chi connectivity index (χ4v) is 3.87. The van der Waals surface area contributed by atoms with E-state index in [0.717, 1.165) is 16.7 Å². The first-order chi connectivity index (χ1) is 13.6. The van der Waals surface area contributed by atoms with Crippen LogP contribution >= 0.6 is 11.3 Å². The zero-order chi connectivity index (χ0) is 19.5. The lowest BCUT2D eigenvalue weighted by Crippen LogP contribution is -2.31. The molecule has 0 fully saturated rings. The van der Waals surface area contributed by atoms with Crippen molar-refractivity contribution in [3.05, 3.63) is 88.0 Å². The van der Waals surface area contributed by atoms with E-state index in [1.165, 1.54) is 34.4 Å². The number of hydrogen-bond donors (Lipinski definition) is 1. The van der Waals surface area contributed by atoms with Gasteiger partial charge in [-0.15, -0.1) is 11.3 Å². The smallest absolute Gasteiger partial charge is 0.271 e. The van der Waals surface area contributed by atoms with Gasteiger partial charge in [-0.05, 0) is 23.3 Å². The van der Waals surface area contributed by atoms with Gasteiger partial charge in [-0.3, -0.25) is 14.2 Å². The van der Waals surface area contributed by atoms with Gasteiger partial charge < -0.3 is 5.32 Å². The molecule has 4 aromatic rings. The van der Waals surface area contributed by atoms with Crippen LogP contribution in [0.15, 0.2) is 71.1 Å². The van der Waals surface area contributed by atoms with Crippen LogP contribution in [-0.4, -0.2) is 15.5 Å². The minimum atomic E-state index is -0.327. The highest BCUT2D eigenvalue weighted by Gasteiger charge is 2.13. The van der Waals surface area contributed by atoms with Gasteiger partial charge in [0, 0.05) is 17.5 Å². The average molecular weight is 393 g/mol. The number of amides is 1. The van der Waals surface area contributed by atoms with E-state index in [9.17, 15) is 14.0 Å². The Hall–Kier alpha value is -3.32. The van der Waals surface area contributed by atoms with Crippen LogP contribution in [0.4, 0.5) is 4.39 Å². The summed E-state index contributed by atoms with van der Waals surface area (Å²) in [7, 11) is 0. The molecule has 4 rings (SSSR count). The van der Waals surface area contributed by atoms with Crippen LogP contribution in [0.1, 0.15) is 5.56 Å². The highest BCUT2D eigenvalue weighted by atomic mass is 32.1. The van der Waals surface area contributed by atoms with Crippen molar-refractivity contribution >= 4 is 27.5 Å². The zero-order valence-corrected chi connectivity index (χ0v) is 15.6. The average Bonchev–Trinajstić information content (AvgIpc) is 3.15. The fraction of sp³-hybridized carbons (Fsp3) is 0.0952. The normalized spacial score (nSPS) is 10.9. The molecule has 0 saturated heterocycles. The number of carbonyl (C=O) groups excluding carboxylic acids is 1. The Bertz CT molecular complexity index is 1180. The van der Waals surface area contributed by atoms with Crippen molar-refractivity contribution in [2.75, 3.05) is 0 Å². The monoisotopic (exact) mass is 393 g/mol. The maximum atomic E-state index is 12.9. The van der Waals surface area contributed by atoms with Gasteiger partial charge in [-0.1, -0.05) is 42.5 Å². The number of nitrogens with one attached hydrogen (secondary N) is 1. The number of carbonyl (C=O) groups is 1. The number of rotatable bonds is 5. The molecule has 0 atom stereocenters. The molecule has 140 valence electrons. The first-order valence-electron chi connectivity index (χ1n) is 8.65. The summed E-state index contributed by atoms with van der Waals surface area (Å²) >= 11 is 1.33. The molecule has 0 saturated carbocycles. The summed E-state index contributed by atoms with van der Waals surface area (Å²) in [6.07, 6.45) is 1.40. The Labute approximate surface area is 164 Å². The summed E-state index contributed by atoms with van der Waals surface area (Å²) in [6, 6.07) is 15.6. The van der Waals surface area contributed by atoms with Gasteiger partial charge in [0.2, 0.25) is 5.91 Å². The minimum Gasteiger partial charge on any atom is -0.350 e. The lowest BCUT2D eigenvalue weighted by molar-refractivity contribution is -0.121. The number of thiophene rings is 1. The van der Waals surface area contributed by atoms with E-state index in [1.54, 1.807) is 12.1 Å². The van der Waals surface area contributed by atoms with Gasteiger partial charge in [0.1, 0.15) is 17.1 Å². The molecule has 0 unspecified atom stereocenters. The molecule has 1 N–H and O–H groups in total. The van der Waals surface area contributed by atoms with Gasteiger partial charge >= 0.3 is 0 Å². The third-order valence-corrected chi connectivity index (χ3v) is 5.31. The molecule has 0 aliphatic carbocycles. The first-order valence-corrected chi connectivity index (χ1v) is 9.53. The van der Waals surface area contributed by atoms with Gasteiger partial charge in [0.25, 0.3) is 5.56 Å². The Balaban J connectivity index is 1.51. The van der Waals surface area contributed by atoms with E-state index in [1.807, 2.05) is 35.7 Å². The summed E-state index contributed by atoms with van der Waals surface area (Å²) in [5.74, 6) is -0.640. The van der Waals surface area contributed by atoms with Crippen molar-refractivity contribution in [1.82, 2.24) is 14.9 Å². The summed E-state index contributed by atoms with van der Waals surface area (Å²) in [4.78, 5) is 29.3. The fourth-order valence-electron chi connectivity index (χ4n) is 2.89. The van der Waals surface area contributed by atoms with Crippen molar-refractivity contribution in [3.63, 3.8) is 0 Å². The van der Waals surface area contributed by atoms with Crippen LogP contribution in [0.5, 0.6) is 0 Å². The Morgan fingerprint density at radius 3 is 2.61 bits per heavy atom. The molecular weight excluding hydrogens is 377 g/mol. The van der Waals surface area contributed by atoms with Crippen LogP contribution in [-0.2, 0) is 17.9 Å². The van der Waals surface area contributed by atoms with Gasteiger partial charge in [-0.2, -0.15) is 0 Å². The minimum absolute atomic E-state index is 0.123. The van der Waals surface area contributed by atoms with E-state index in [4.69, 9.17) is 0 Å². The molecule has 5 nitrogen and oxygen atoms in total. The van der Waals surface area contributed by atoms with Crippen molar-refractivity contribution in [2.45, 2.75) is 13.1 Å². The number of hydrogen-bond acceptors (Lipinski definition) is 4. The van der Waals surface area contributed by atoms with Crippen LogP contribution in [0.25, 0.3) is 21.3 Å². The van der Waals surface area contributed by atoms with Crippen LogP contribution in [0.3, 0.4) is 0 Å². The highest BCUT2D eigenvalue weighted by molar-refractivity contribution is 7.17. The number of nitrogens with zero attached hydrogens (tertiary/aromatic N) is 2. The Kier molecular flexibility index (Phi) is 4.99. The van der Waals surface area contributed by atoms with Crippen molar-refractivity contribution in [3.8, 4) is 11.1 Å². The second-order valence-corrected chi connectivity index (χ2v) is 7.15. The molecule has 0 spiro atoms. The lowest BCUT2D eigenvalue weighted by atomic mass is 10.1. The molecule has 1 amide bonds. The summed E-state index contributed by atoms with van der Waals surface area (Å²) in [5, 5.41) is 4.64. The van der Waals surface area contributed by atoms with Gasteiger partial charge in [0.05, 0.1) is 11.8 Å². The third kappa shape index (κ3) is 3.70. The van der Waals surface area contributed by atoms with Crippen molar-refractivity contribution in [1.29, 1.82) is 0 Å². The quantitative estimate of drug-likeness (QED) is 0.564. The topological polar surface area (TPSA) is 64.0 Å². The Morgan fingerprint density at radius 2 is 1.86 bits per heavy atom. The molecule has 0 bridgehead atoms. The van der Waals surface area contributed by atoms with Crippen molar-refractivity contribution < 1.29 is 9.18 Å². The van der Waals surface area contributed by atoms with E-state index in [2.05, 4.69) is 10.3 Å². The van der Waals surface area contributed by atoms with Crippen LogP contribution < -0.4 is 10.9 Å². The van der Waals surface area contributed by atoms with E-state index in [0.29, 0.717) is 10.2 Å². The van der Waals surface area contributed by atoms with Crippen LogP contribution in [0, 0.1) is 5.82 Å². The van der Waals surface area contributed by atoms with Gasteiger partial charge in [-0.25, -0.2) is 9.37 Å². The molecule has 0 aliphatic heterocycles. The van der Waals surface area contributed by atoms with E-state index in [-0.39, 0.29) is 30.4 Å². The Morgan fingerprint density at radius 1 is 1.11 bits per heavy atom. The third-order valence-electron chi connectivity index (χ3n) is 4.35. The van der Waals surface area contributed by atoms with Crippen molar-refractivity contribution in [2.24, 2.45) is 0 Å². The summed E-state index contributed by atoms with van der Waals surface area (Å²) in [6.45, 7) is 0.141.